The Kier molecular flexibility index (Phi) is 7.58. The van der Waals surface area contributed by atoms with Crippen molar-refractivity contribution >= 4 is 22.8 Å². The summed E-state index contributed by atoms with van der Waals surface area (Å²) in [5.74, 6) is -0.310. The van der Waals surface area contributed by atoms with E-state index in [0.29, 0.717) is 11.8 Å². The fourth-order valence-electron chi connectivity index (χ4n) is 5.18. The highest BCUT2D eigenvalue weighted by molar-refractivity contribution is 5.91. The van der Waals surface area contributed by atoms with Gasteiger partial charge in [-0.3, -0.25) is 14.7 Å². The lowest BCUT2D eigenvalue weighted by Gasteiger charge is -2.50. The molecule has 0 aliphatic carbocycles. The van der Waals surface area contributed by atoms with Gasteiger partial charge in [-0.1, -0.05) is 36.4 Å². The largest absolute Gasteiger partial charge is 0.478 e. The third-order valence-electron chi connectivity index (χ3n) is 6.89. The van der Waals surface area contributed by atoms with Crippen molar-refractivity contribution in [3.8, 4) is 5.75 Å². The summed E-state index contributed by atoms with van der Waals surface area (Å²) in [5.41, 5.74) is 1.95. The van der Waals surface area contributed by atoms with Crippen molar-refractivity contribution in [2.75, 3.05) is 13.1 Å². The van der Waals surface area contributed by atoms with E-state index in [-0.39, 0.29) is 17.4 Å². The average molecular weight is 475 g/mol. The normalized spacial score (nSPS) is 23.6. The number of aromatic carboxylic acids is 1. The number of benzene rings is 2. The molecule has 35 heavy (non-hydrogen) atoms. The third-order valence-corrected chi connectivity index (χ3v) is 6.89. The van der Waals surface area contributed by atoms with Crippen LogP contribution in [0, 0.1) is 11.8 Å². The van der Waals surface area contributed by atoms with Gasteiger partial charge in [0, 0.05) is 31.1 Å². The molecule has 3 saturated heterocycles. The molecule has 3 aromatic rings. The summed E-state index contributed by atoms with van der Waals surface area (Å²) >= 11 is 0. The Bertz CT molecular complexity index is 1220. The number of aliphatic hydroxyl groups excluding tert-OH is 1. The zero-order valence-electron chi connectivity index (χ0n) is 19.7. The number of esters is 1. The van der Waals surface area contributed by atoms with Crippen molar-refractivity contribution in [3.05, 3.63) is 84.6 Å². The highest BCUT2D eigenvalue weighted by atomic mass is 16.5. The first-order chi connectivity index (χ1) is 16.9. The molecule has 6 rings (SSSR count). The van der Waals surface area contributed by atoms with Crippen LogP contribution in [-0.2, 0) is 4.79 Å². The molecule has 4 heterocycles. The molecule has 7 nitrogen and oxygen atoms in total. The molecule has 2 aromatic carbocycles. The lowest BCUT2D eigenvalue weighted by Crippen LogP contribution is -2.54. The predicted molar refractivity (Wildman–Crippen MR) is 133 cm³/mol. The summed E-state index contributed by atoms with van der Waals surface area (Å²) in [6.45, 7) is 7.33. The van der Waals surface area contributed by atoms with Crippen LogP contribution in [0.2, 0.25) is 0 Å². The van der Waals surface area contributed by atoms with E-state index in [2.05, 4.69) is 33.3 Å². The second-order valence-electron chi connectivity index (χ2n) is 9.00. The van der Waals surface area contributed by atoms with Gasteiger partial charge in [-0.25, -0.2) is 4.79 Å². The van der Waals surface area contributed by atoms with Gasteiger partial charge in [-0.2, -0.15) is 0 Å². The molecule has 0 radical (unpaired) electrons. The number of aromatic nitrogens is 1. The summed E-state index contributed by atoms with van der Waals surface area (Å²) in [5, 5.41) is 20.8. The van der Waals surface area contributed by atoms with Crippen molar-refractivity contribution in [1.29, 1.82) is 0 Å². The van der Waals surface area contributed by atoms with Crippen LogP contribution in [0.25, 0.3) is 10.9 Å². The maximum Gasteiger partial charge on any atom is 0.339 e. The first-order valence-corrected chi connectivity index (χ1v) is 11.8. The fraction of sp³-hybridized carbons (Fsp3) is 0.321. The van der Waals surface area contributed by atoms with Crippen LogP contribution in [0.1, 0.15) is 41.8 Å². The van der Waals surface area contributed by atoms with E-state index in [4.69, 9.17) is 5.11 Å². The number of pyridine rings is 1. The number of piperidine rings is 3. The van der Waals surface area contributed by atoms with E-state index >= 15 is 0 Å². The molecule has 0 unspecified atom stereocenters. The Hall–Kier alpha value is -3.55. The molecule has 1 aromatic heterocycles. The van der Waals surface area contributed by atoms with Crippen LogP contribution in [0.3, 0.4) is 0 Å². The summed E-state index contributed by atoms with van der Waals surface area (Å²) in [6.07, 6.45) is 5.76. The zero-order chi connectivity index (χ0) is 24.9. The van der Waals surface area contributed by atoms with Crippen LogP contribution in [0.4, 0.5) is 0 Å². The Balaban J connectivity index is 0.000000191. The summed E-state index contributed by atoms with van der Waals surface area (Å²) in [4.78, 5) is 28.0. The molecular weight excluding hydrogens is 444 g/mol. The lowest BCUT2D eigenvalue weighted by atomic mass is 9.73. The predicted octanol–water partition coefficient (Wildman–Crippen LogP) is 4.47. The van der Waals surface area contributed by atoms with Crippen molar-refractivity contribution in [1.82, 2.24) is 9.88 Å². The number of aliphatic hydroxyl groups is 1. The number of ether oxygens (including phenoxy) is 1. The zero-order valence-corrected chi connectivity index (χ0v) is 19.7. The van der Waals surface area contributed by atoms with Gasteiger partial charge >= 0.3 is 11.9 Å². The molecular formula is C28H30N2O5. The monoisotopic (exact) mass is 474 g/mol. The number of carboxylic acids is 1. The maximum atomic E-state index is 11.0. The molecule has 0 spiro atoms. The van der Waals surface area contributed by atoms with Crippen molar-refractivity contribution in [2.45, 2.75) is 31.9 Å². The van der Waals surface area contributed by atoms with Crippen LogP contribution in [0.15, 0.2) is 73.4 Å². The van der Waals surface area contributed by atoms with E-state index in [0.717, 1.165) is 36.0 Å². The molecule has 7 heteroatoms. The second kappa shape index (κ2) is 10.8. The van der Waals surface area contributed by atoms with Gasteiger partial charge in [0.1, 0.15) is 11.3 Å². The highest BCUT2D eigenvalue weighted by Crippen LogP contribution is 2.41. The number of fused-ring (bicyclic) bond motifs is 4. The maximum absolute atomic E-state index is 11.0. The molecule has 2 bridgehead atoms. The highest BCUT2D eigenvalue weighted by Gasteiger charge is 2.42. The van der Waals surface area contributed by atoms with Gasteiger partial charge < -0.3 is 14.9 Å². The van der Waals surface area contributed by atoms with Crippen LogP contribution in [-0.4, -0.2) is 51.2 Å². The van der Waals surface area contributed by atoms with Gasteiger partial charge in [0.15, 0.2) is 0 Å². The number of carbonyl (C=O) groups excluding carboxylic acids is 1. The number of carboxylic acid groups (broad SMARTS) is 1. The van der Waals surface area contributed by atoms with Gasteiger partial charge in [0.05, 0.1) is 11.6 Å². The first kappa shape index (κ1) is 24.6. The Labute approximate surface area is 204 Å². The average Bonchev–Trinajstić information content (AvgIpc) is 2.88. The SMILES string of the molecule is C=C[C@H]1C[N@]2CC[C@H]1C[C@@H]2[C@@H](O)c1ccnc2ccccc12.CC(=O)Oc1ccccc1C(=O)O. The molecule has 0 saturated carbocycles. The summed E-state index contributed by atoms with van der Waals surface area (Å²) < 4.78 is 4.69. The Morgan fingerprint density at radius 3 is 2.60 bits per heavy atom. The van der Waals surface area contributed by atoms with E-state index < -0.39 is 18.0 Å². The van der Waals surface area contributed by atoms with Gasteiger partial charge in [-0.15, -0.1) is 6.58 Å². The smallest absolute Gasteiger partial charge is 0.339 e. The number of carbonyl (C=O) groups is 2. The van der Waals surface area contributed by atoms with Crippen LogP contribution >= 0.6 is 0 Å². The lowest BCUT2D eigenvalue weighted by molar-refractivity contribution is -0.131. The number of hydrogen-bond donors (Lipinski definition) is 2. The van der Waals surface area contributed by atoms with E-state index in [1.54, 1.807) is 12.1 Å². The van der Waals surface area contributed by atoms with Crippen LogP contribution in [0.5, 0.6) is 5.75 Å². The first-order valence-electron chi connectivity index (χ1n) is 11.8. The second-order valence-corrected chi connectivity index (χ2v) is 9.00. The van der Waals surface area contributed by atoms with E-state index in [1.807, 2.05) is 30.5 Å². The van der Waals surface area contributed by atoms with Gasteiger partial charge in [0.2, 0.25) is 0 Å². The summed E-state index contributed by atoms with van der Waals surface area (Å²) in [6, 6.07) is 16.2. The van der Waals surface area contributed by atoms with E-state index in [9.17, 15) is 14.7 Å². The fourth-order valence-corrected chi connectivity index (χ4v) is 5.18. The molecule has 3 fully saturated rings. The minimum Gasteiger partial charge on any atom is -0.478 e. The summed E-state index contributed by atoms with van der Waals surface area (Å²) in [7, 11) is 0. The molecule has 182 valence electrons. The third kappa shape index (κ3) is 5.42. The molecule has 0 amide bonds. The Morgan fingerprint density at radius 1 is 1.17 bits per heavy atom. The van der Waals surface area contributed by atoms with Crippen LogP contribution < -0.4 is 4.74 Å². The van der Waals surface area contributed by atoms with Gasteiger partial charge in [0.25, 0.3) is 0 Å². The molecule has 5 atom stereocenters. The van der Waals surface area contributed by atoms with Crippen molar-refractivity contribution in [3.63, 3.8) is 0 Å². The topological polar surface area (TPSA) is 100.0 Å². The van der Waals surface area contributed by atoms with Gasteiger partial charge in [-0.05, 0) is 61.1 Å². The number of nitrogens with zero attached hydrogens (tertiary/aromatic N) is 2. The minimum atomic E-state index is -1.11. The number of para-hydroxylation sites is 2. The van der Waals surface area contributed by atoms with Crippen molar-refractivity contribution < 1.29 is 24.5 Å². The van der Waals surface area contributed by atoms with E-state index in [1.165, 1.54) is 25.5 Å². The minimum absolute atomic E-state index is 0.0160. The quantitative estimate of drug-likeness (QED) is 0.320. The molecule has 2 N–H and O–H groups in total. The Morgan fingerprint density at radius 2 is 1.91 bits per heavy atom. The molecule has 3 aliphatic heterocycles. The standard InChI is InChI=1S/C19H22N2O.C9H8O4/c1-2-13-12-21-10-8-14(13)11-18(21)19(22)16-7-9-20-17-6-4-3-5-15(16)17;1-6(10)13-8-5-3-2-4-7(8)9(11)12/h2-7,9,13-14,18-19,22H,1,8,10-12H2;2-5H,1H3,(H,11,12)/t13-,14-,18+,19-;/m0./s1. The molecule has 3 aliphatic rings. The number of hydrogen-bond acceptors (Lipinski definition) is 6. The number of rotatable bonds is 5. The van der Waals surface area contributed by atoms with Crippen molar-refractivity contribution in [2.24, 2.45) is 11.8 Å².